The van der Waals surface area contributed by atoms with Crippen molar-refractivity contribution in [1.82, 2.24) is 20.4 Å². The Morgan fingerprint density at radius 3 is 2.74 bits per heavy atom. The molecule has 4 rings (SSSR count). The van der Waals surface area contributed by atoms with Gasteiger partial charge in [-0.3, -0.25) is 4.79 Å². The van der Waals surface area contributed by atoms with Crippen LogP contribution in [0.25, 0.3) is 0 Å². The van der Waals surface area contributed by atoms with E-state index in [1.807, 2.05) is 17.0 Å². The highest BCUT2D eigenvalue weighted by molar-refractivity contribution is 5.85. The molecule has 1 aromatic rings. The Morgan fingerprint density at radius 2 is 1.89 bits per heavy atom. The first-order chi connectivity index (χ1) is 12.7. The topological polar surface area (TPSA) is 64.7 Å². The highest BCUT2D eigenvalue weighted by Crippen LogP contribution is 2.28. The summed E-state index contributed by atoms with van der Waals surface area (Å²) in [5, 5.41) is 6.36. The number of carbonyl (C=O) groups excluding carboxylic acids is 2. The lowest BCUT2D eigenvalue weighted by atomic mass is 10.0. The van der Waals surface area contributed by atoms with Crippen LogP contribution in [0, 0.1) is 0 Å². The second kappa shape index (κ2) is 8.93. The van der Waals surface area contributed by atoms with Crippen LogP contribution in [0.2, 0.25) is 0 Å². The average Bonchev–Trinajstić information content (AvgIpc) is 2.93. The molecule has 0 spiro atoms. The number of benzene rings is 1. The van der Waals surface area contributed by atoms with Gasteiger partial charge in [0.15, 0.2) is 0 Å². The van der Waals surface area contributed by atoms with Gasteiger partial charge in [0.2, 0.25) is 5.91 Å². The molecule has 0 radical (unpaired) electrons. The molecule has 2 atom stereocenters. The minimum atomic E-state index is -0.0622. The summed E-state index contributed by atoms with van der Waals surface area (Å²) in [6.07, 6.45) is 4.55. The molecule has 0 aliphatic carbocycles. The molecule has 3 amide bonds. The van der Waals surface area contributed by atoms with Gasteiger partial charge in [0, 0.05) is 44.7 Å². The maximum Gasteiger partial charge on any atom is 0.317 e. The number of nitrogens with zero attached hydrogens (tertiary/aromatic N) is 2. The van der Waals surface area contributed by atoms with Crippen LogP contribution in [-0.4, -0.2) is 60.0 Å². The van der Waals surface area contributed by atoms with Crippen molar-refractivity contribution in [1.29, 1.82) is 0 Å². The Hall–Kier alpha value is -1.79. The highest BCUT2D eigenvalue weighted by atomic mass is 35.5. The molecule has 2 saturated heterocycles. The zero-order valence-corrected chi connectivity index (χ0v) is 16.5. The van der Waals surface area contributed by atoms with E-state index in [2.05, 4.69) is 27.7 Å². The normalized spacial score (nSPS) is 23.9. The third-order valence-electron chi connectivity index (χ3n) is 5.98. The predicted molar refractivity (Wildman–Crippen MR) is 107 cm³/mol. The van der Waals surface area contributed by atoms with E-state index in [-0.39, 0.29) is 24.3 Å². The molecule has 2 fully saturated rings. The first kappa shape index (κ1) is 20.0. The van der Waals surface area contributed by atoms with E-state index in [0.29, 0.717) is 31.6 Å². The first-order valence-electron chi connectivity index (χ1n) is 9.84. The van der Waals surface area contributed by atoms with Crippen LogP contribution in [0.5, 0.6) is 0 Å². The molecular formula is C20H29ClN4O2. The predicted octanol–water partition coefficient (Wildman–Crippen LogP) is 1.92. The standard InChI is InChI=1S/C20H28N4O2.ClH/c25-19(24-17-5-6-18(24)13-21-10-7-17)8-11-22-20(26)23-12-9-15-3-1-2-4-16(15)14-23;/h1-4,17-18,21H,5-14H2,(H,22,26);1H. The van der Waals surface area contributed by atoms with E-state index in [1.165, 1.54) is 11.1 Å². The second-order valence-electron chi connectivity index (χ2n) is 7.60. The minimum Gasteiger partial charge on any atom is -0.337 e. The van der Waals surface area contributed by atoms with Crippen LogP contribution in [0.3, 0.4) is 0 Å². The maximum absolute atomic E-state index is 12.7. The zero-order valence-electron chi connectivity index (χ0n) is 15.7. The molecule has 27 heavy (non-hydrogen) atoms. The van der Waals surface area contributed by atoms with Gasteiger partial charge in [-0.15, -0.1) is 12.4 Å². The minimum absolute atomic E-state index is 0. The summed E-state index contributed by atoms with van der Waals surface area (Å²) >= 11 is 0. The number of carbonyl (C=O) groups is 2. The van der Waals surface area contributed by atoms with Crippen molar-refractivity contribution in [2.45, 2.75) is 50.7 Å². The van der Waals surface area contributed by atoms with Crippen molar-refractivity contribution in [3.63, 3.8) is 0 Å². The summed E-state index contributed by atoms with van der Waals surface area (Å²) in [6.45, 7) is 3.70. The van der Waals surface area contributed by atoms with Crippen LogP contribution in [0.1, 0.15) is 36.8 Å². The van der Waals surface area contributed by atoms with Gasteiger partial charge in [0.25, 0.3) is 0 Å². The first-order valence-corrected chi connectivity index (χ1v) is 9.84. The fourth-order valence-corrected chi connectivity index (χ4v) is 4.58. The number of rotatable bonds is 3. The van der Waals surface area contributed by atoms with E-state index < -0.39 is 0 Å². The van der Waals surface area contributed by atoms with Gasteiger partial charge in [-0.1, -0.05) is 24.3 Å². The molecule has 148 valence electrons. The Kier molecular flexibility index (Phi) is 6.60. The van der Waals surface area contributed by atoms with E-state index in [9.17, 15) is 9.59 Å². The lowest BCUT2D eigenvalue weighted by Crippen LogP contribution is -2.46. The van der Waals surface area contributed by atoms with Crippen LogP contribution in [0.15, 0.2) is 24.3 Å². The van der Waals surface area contributed by atoms with Crippen LogP contribution >= 0.6 is 12.4 Å². The number of amides is 3. The van der Waals surface area contributed by atoms with Crippen molar-refractivity contribution in [3.05, 3.63) is 35.4 Å². The lowest BCUT2D eigenvalue weighted by molar-refractivity contribution is -0.133. The Labute approximate surface area is 167 Å². The summed E-state index contributed by atoms with van der Waals surface area (Å²) in [4.78, 5) is 29.0. The molecule has 0 aromatic heterocycles. The monoisotopic (exact) mass is 392 g/mol. The fourth-order valence-electron chi connectivity index (χ4n) is 4.58. The lowest BCUT2D eigenvalue weighted by Gasteiger charge is -2.30. The smallest absolute Gasteiger partial charge is 0.317 e. The summed E-state index contributed by atoms with van der Waals surface area (Å²) in [5.74, 6) is 0.186. The third kappa shape index (κ3) is 4.38. The molecule has 7 heteroatoms. The van der Waals surface area contributed by atoms with Gasteiger partial charge < -0.3 is 20.4 Å². The molecule has 2 unspecified atom stereocenters. The van der Waals surface area contributed by atoms with Crippen LogP contribution in [0.4, 0.5) is 4.79 Å². The zero-order chi connectivity index (χ0) is 17.9. The average molecular weight is 393 g/mol. The summed E-state index contributed by atoms with van der Waals surface area (Å²) in [5.41, 5.74) is 2.55. The summed E-state index contributed by atoms with van der Waals surface area (Å²) in [6, 6.07) is 8.94. The van der Waals surface area contributed by atoms with Gasteiger partial charge in [-0.2, -0.15) is 0 Å². The molecular weight excluding hydrogens is 364 g/mol. The van der Waals surface area contributed by atoms with Crippen molar-refractivity contribution in [2.75, 3.05) is 26.2 Å². The van der Waals surface area contributed by atoms with E-state index in [4.69, 9.17) is 0 Å². The van der Waals surface area contributed by atoms with Crippen LogP contribution in [-0.2, 0) is 17.8 Å². The molecule has 6 nitrogen and oxygen atoms in total. The van der Waals surface area contributed by atoms with Gasteiger partial charge >= 0.3 is 6.03 Å². The Bertz CT molecular complexity index is 670. The second-order valence-corrected chi connectivity index (χ2v) is 7.60. The molecule has 3 aliphatic heterocycles. The molecule has 1 aromatic carbocycles. The quantitative estimate of drug-likeness (QED) is 0.826. The summed E-state index contributed by atoms with van der Waals surface area (Å²) in [7, 11) is 0. The molecule has 2 N–H and O–H groups in total. The number of fused-ring (bicyclic) bond motifs is 3. The van der Waals surface area contributed by atoms with Gasteiger partial charge in [0.1, 0.15) is 0 Å². The number of halogens is 1. The molecule has 3 aliphatic rings. The Balaban J connectivity index is 0.00000210. The fraction of sp³-hybridized carbons (Fsp3) is 0.600. The molecule has 2 bridgehead atoms. The molecule has 3 heterocycles. The van der Waals surface area contributed by atoms with E-state index in [1.54, 1.807) is 0 Å². The maximum atomic E-state index is 12.7. The Morgan fingerprint density at radius 1 is 1.11 bits per heavy atom. The molecule has 0 saturated carbocycles. The largest absolute Gasteiger partial charge is 0.337 e. The van der Waals surface area contributed by atoms with E-state index in [0.717, 1.165) is 45.3 Å². The van der Waals surface area contributed by atoms with Crippen molar-refractivity contribution < 1.29 is 9.59 Å². The van der Waals surface area contributed by atoms with Crippen LogP contribution < -0.4 is 10.6 Å². The highest BCUT2D eigenvalue weighted by Gasteiger charge is 2.37. The SMILES string of the molecule is Cl.O=C(NCCC(=O)N1C2CCNCC1CC2)N1CCc2ccccc2C1. The van der Waals surface area contributed by atoms with Crippen molar-refractivity contribution >= 4 is 24.3 Å². The summed E-state index contributed by atoms with van der Waals surface area (Å²) < 4.78 is 0. The van der Waals surface area contributed by atoms with Gasteiger partial charge in [-0.25, -0.2) is 4.79 Å². The van der Waals surface area contributed by atoms with Crippen molar-refractivity contribution in [3.8, 4) is 0 Å². The number of hydrogen-bond acceptors (Lipinski definition) is 3. The van der Waals surface area contributed by atoms with Gasteiger partial charge in [0.05, 0.1) is 0 Å². The number of hydrogen-bond donors (Lipinski definition) is 2. The number of nitrogens with one attached hydrogen (secondary N) is 2. The van der Waals surface area contributed by atoms with Gasteiger partial charge in [-0.05, 0) is 43.4 Å². The van der Waals surface area contributed by atoms with E-state index >= 15 is 0 Å². The van der Waals surface area contributed by atoms with Crippen molar-refractivity contribution in [2.24, 2.45) is 0 Å². The number of urea groups is 1. The third-order valence-corrected chi connectivity index (χ3v) is 5.98.